The van der Waals surface area contributed by atoms with Crippen molar-refractivity contribution in [2.45, 2.75) is 6.61 Å². The molecular formula is C23H16N2O4S2. The van der Waals surface area contributed by atoms with Gasteiger partial charge in [0.25, 0.3) is 5.91 Å². The summed E-state index contributed by atoms with van der Waals surface area (Å²) in [5.74, 6) is -0.0869. The Morgan fingerprint density at radius 1 is 1.03 bits per heavy atom. The topological polar surface area (TPSA) is 72.7 Å². The number of benzene rings is 3. The Bertz CT molecular complexity index is 1180. The van der Waals surface area contributed by atoms with E-state index >= 15 is 0 Å². The Morgan fingerprint density at radius 2 is 1.71 bits per heavy atom. The fourth-order valence-corrected chi connectivity index (χ4v) is 4.34. The molecule has 1 heterocycles. The lowest BCUT2D eigenvalue weighted by Crippen LogP contribution is -2.27. The molecule has 0 spiro atoms. The second-order valence-corrected chi connectivity index (χ2v) is 8.29. The van der Waals surface area contributed by atoms with E-state index in [4.69, 9.17) is 17.0 Å². The van der Waals surface area contributed by atoms with Crippen LogP contribution >= 0.6 is 24.0 Å². The highest BCUT2D eigenvalue weighted by molar-refractivity contribution is 8.27. The minimum absolute atomic E-state index is 0.164. The molecule has 1 aliphatic heterocycles. The van der Waals surface area contributed by atoms with Crippen molar-refractivity contribution >= 4 is 51.7 Å². The highest BCUT2D eigenvalue weighted by Crippen LogP contribution is 2.37. The van der Waals surface area contributed by atoms with Crippen LogP contribution in [0.25, 0.3) is 6.08 Å². The third-order valence-corrected chi connectivity index (χ3v) is 5.82. The summed E-state index contributed by atoms with van der Waals surface area (Å²) in [5, 5.41) is 11.6. The van der Waals surface area contributed by atoms with Gasteiger partial charge in [-0.1, -0.05) is 78.6 Å². The number of para-hydroxylation sites is 1. The van der Waals surface area contributed by atoms with Crippen molar-refractivity contribution in [1.29, 1.82) is 0 Å². The number of nitro benzene ring substituents is 1. The van der Waals surface area contributed by atoms with E-state index in [1.807, 2.05) is 48.5 Å². The van der Waals surface area contributed by atoms with Crippen molar-refractivity contribution in [3.05, 3.63) is 105 Å². The second kappa shape index (κ2) is 9.11. The van der Waals surface area contributed by atoms with Gasteiger partial charge in [0.2, 0.25) is 0 Å². The first-order chi connectivity index (χ1) is 15.0. The summed E-state index contributed by atoms with van der Waals surface area (Å²) in [6.45, 7) is 0.219. The Kier molecular flexibility index (Phi) is 6.11. The maximum atomic E-state index is 12.9. The number of ether oxygens (including phenoxy) is 1. The lowest BCUT2D eigenvalue weighted by molar-refractivity contribution is -0.386. The fraction of sp³-hybridized carbons (Fsp3) is 0.0435. The quantitative estimate of drug-likeness (QED) is 0.212. The molecule has 8 heteroatoms. The number of carbonyl (C=O) groups is 1. The number of nitro groups is 1. The third kappa shape index (κ3) is 4.65. The molecule has 0 aliphatic carbocycles. The van der Waals surface area contributed by atoms with Crippen molar-refractivity contribution in [3.8, 4) is 5.75 Å². The molecule has 1 aliphatic rings. The highest BCUT2D eigenvalue weighted by Gasteiger charge is 2.33. The molecule has 0 bridgehead atoms. The first-order valence-corrected chi connectivity index (χ1v) is 10.5. The number of amides is 1. The van der Waals surface area contributed by atoms with Gasteiger partial charge in [-0.3, -0.25) is 19.8 Å². The molecule has 0 saturated carbocycles. The van der Waals surface area contributed by atoms with Crippen LogP contribution in [0.4, 0.5) is 11.4 Å². The summed E-state index contributed by atoms with van der Waals surface area (Å²) < 4.78 is 6.08. The molecule has 0 N–H and O–H groups in total. The molecule has 0 aromatic heterocycles. The summed E-state index contributed by atoms with van der Waals surface area (Å²) in [7, 11) is 0. The van der Waals surface area contributed by atoms with E-state index in [2.05, 4.69) is 0 Å². The molecule has 6 nitrogen and oxygen atoms in total. The van der Waals surface area contributed by atoms with Crippen LogP contribution in [0, 0.1) is 10.1 Å². The Balaban J connectivity index is 1.58. The molecule has 3 aromatic rings. The van der Waals surface area contributed by atoms with Crippen LogP contribution < -0.4 is 9.64 Å². The van der Waals surface area contributed by atoms with Crippen LogP contribution in [0.15, 0.2) is 83.8 Å². The zero-order chi connectivity index (χ0) is 21.8. The Hall–Kier alpha value is -3.49. The normalized spacial score (nSPS) is 14.8. The lowest BCUT2D eigenvalue weighted by Gasteiger charge is -2.13. The minimum Gasteiger partial charge on any atom is -0.482 e. The molecule has 1 fully saturated rings. The van der Waals surface area contributed by atoms with Crippen LogP contribution in [0.3, 0.4) is 0 Å². The van der Waals surface area contributed by atoms with Gasteiger partial charge in [0.1, 0.15) is 6.61 Å². The Morgan fingerprint density at radius 3 is 2.39 bits per heavy atom. The second-order valence-electron chi connectivity index (χ2n) is 6.61. The maximum Gasteiger partial charge on any atom is 0.311 e. The molecule has 1 saturated heterocycles. The smallest absolute Gasteiger partial charge is 0.311 e. The van der Waals surface area contributed by atoms with Crippen molar-refractivity contribution < 1.29 is 14.5 Å². The number of thioether (sulfide) groups is 1. The molecule has 0 unspecified atom stereocenters. The van der Waals surface area contributed by atoms with E-state index in [1.54, 1.807) is 30.3 Å². The lowest BCUT2D eigenvalue weighted by atomic mass is 10.1. The van der Waals surface area contributed by atoms with E-state index in [0.717, 1.165) is 5.56 Å². The average Bonchev–Trinajstić information content (AvgIpc) is 3.06. The summed E-state index contributed by atoms with van der Waals surface area (Å²) in [6.07, 6.45) is 1.61. The zero-order valence-electron chi connectivity index (χ0n) is 16.1. The van der Waals surface area contributed by atoms with Gasteiger partial charge in [-0.2, -0.15) is 0 Å². The van der Waals surface area contributed by atoms with Crippen LogP contribution in [-0.4, -0.2) is 15.2 Å². The first-order valence-electron chi connectivity index (χ1n) is 9.31. The fourth-order valence-electron chi connectivity index (χ4n) is 3.04. The minimum atomic E-state index is -0.493. The number of hydrogen-bond acceptors (Lipinski definition) is 6. The van der Waals surface area contributed by atoms with Gasteiger partial charge in [-0.05, 0) is 35.4 Å². The first kappa shape index (κ1) is 20.8. The summed E-state index contributed by atoms with van der Waals surface area (Å²) >= 11 is 6.53. The SMILES string of the molecule is O=C1/C(=C\c2ccc(OCc3ccccc3)c([N+](=O)[O-])c2)SC(=S)N1c1ccccc1. The predicted molar refractivity (Wildman–Crippen MR) is 126 cm³/mol. The zero-order valence-corrected chi connectivity index (χ0v) is 17.8. The van der Waals surface area contributed by atoms with Gasteiger partial charge in [-0.15, -0.1) is 0 Å². The average molecular weight is 449 g/mol. The third-order valence-electron chi connectivity index (χ3n) is 4.52. The van der Waals surface area contributed by atoms with Crippen molar-refractivity contribution in [2.24, 2.45) is 0 Å². The molecule has 1 amide bonds. The largest absolute Gasteiger partial charge is 0.482 e. The number of hydrogen-bond donors (Lipinski definition) is 0. The number of thiocarbonyl (C=S) groups is 1. The number of rotatable bonds is 6. The van der Waals surface area contributed by atoms with Crippen molar-refractivity contribution in [1.82, 2.24) is 0 Å². The molecule has 3 aromatic carbocycles. The van der Waals surface area contributed by atoms with Crippen LogP contribution in [0.2, 0.25) is 0 Å². The van der Waals surface area contributed by atoms with E-state index in [1.165, 1.54) is 22.7 Å². The van der Waals surface area contributed by atoms with Gasteiger partial charge >= 0.3 is 5.69 Å². The van der Waals surface area contributed by atoms with E-state index < -0.39 is 4.92 Å². The van der Waals surface area contributed by atoms with Crippen LogP contribution in [0.5, 0.6) is 5.75 Å². The summed E-state index contributed by atoms with van der Waals surface area (Å²) in [6, 6.07) is 23.2. The molecule has 154 valence electrons. The number of carbonyl (C=O) groups excluding carboxylic acids is 1. The monoisotopic (exact) mass is 448 g/mol. The number of anilines is 1. The van der Waals surface area contributed by atoms with E-state index in [0.29, 0.717) is 20.5 Å². The van der Waals surface area contributed by atoms with Gasteiger partial charge in [-0.25, -0.2) is 0 Å². The molecule has 4 rings (SSSR count). The summed E-state index contributed by atoms with van der Waals surface area (Å²) in [5.41, 5.74) is 1.95. The molecule has 0 radical (unpaired) electrons. The predicted octanol–water partition coefficient (Wildman–Crippen LogP) is 5.58. The van der Waals surface area contributed by atoms with E-state index in [-0.39, 0.29) is 24.0 Å². The molecule has 31 heavy (non-hydrogen) atoms. The highest BCUT2D eigenvalue weighted by atomic mass is 32.2. The van der Waals surface area contributed by atoms with Crippen LogP contribution in [-0.2, 0) is 11.4 Å². The maximum absolute atomic E-state index is 12.9. The van der Waals surface area contributed by atoms with Crippen molar-refractivity contribution in [2.75, 3.05) is 4.90 Å². The van der Waals surface area contributed by atoms with Gasteiger partial charge in [0.15, 0.2) is 10.1 Å². The van der Waals surface area contributed by atoms with Crippen LogP contribution in [0.1, 0.15) is 11.1 Å². The van der Waals surface area contributed by atoms with Gasteiger partial charge < -0.3 is 4.74 Å². The van der Waals surface area contributed by atoms with Crippen molar-refractivity contribution in [3.63, 3.8) is 0 Å². The molecule has 0 atom stereocenters. The van der Waals surface area contributed by atoms with E-state index in [9.17, 15) is 14.9 Å². The number of nitrogens with zero attached hydrogens (tertiary/aromatic N) is 2. The summed E-state index contributed by atoms with van der Waals surface area (Å²) in [4.78, 5) is 25.8. The standard InChI is InChI=1S/C23H16N2O4S2/c26-22-21(31-23(30)24(22)18-9-5-2-6-10-18)14-17-11-12-20(19(13-17)25(27)28)29-15-16-7-3-1-4-8-16/h1-14H,15H2/b21-14+. The van der Waals surface area contributed by atoms with Gasteiger partial charge in [0, 0.05) is 6.07 Å². The van der Waals surface area contributed by atoms with Gasteiger partial charge in [0.05, 0.1) is 15.5 Å². The molecular weight excluding hydrogens is 432 g/mol. The Labute approximate surface area is 188 Å².